The highest BCUT2D eigenvalue weighted by molar-refractivity contribution is 5.96. The van der Waals surface area contributed by atoms with E-state index in [2.05, 4.69) is 15.7 Å². The van der Waals surface area contributed by atoms with Gasteiger partial charge in [-0.1, -0.05) is 43.5 Å². The minimum atomic E-state index is -4.74. The molecule has 1 amide bonds. The van der Waals surface area contributed by atoms with Crippen LogP contribution in [0.4, 0.5) is 24.5 Å². The van der Waals surface area contributed by atoms with Crippen molar-refractivity contribution in [2.75, 3.05) is 49.1 Å². The van der Waals surface area contributed by atoms with Crippen molar-refractivity contribution < 1.29 is 22.7 Å². The van der Waals surface area contributed by atoms with E-state index >= 15 is 0 Å². The van der Waals surface area contributed by atoms with Gasteiger partial charge >= 0.3 is 6.36 Å². The van der Waals surface area contributed by atoms with Crippen LogP contribution in [0.25, 0.3) is 0 Å². The van der Waals surface area contributed by atoms with Gasteiger partial charge in [0.05, 0.1) is 16.9 Å². The molecule has 2 aliphatic rings. The lowest BCUT2D eigenvalue weighted by atomic mass is 9.88. The fraction of sp³-hybridized carbons (Fsp3) is 0.481. The number of hydrogen-bond donors (Lipinski definition) is 0. The summed E-state index contributed by atoms with van der Waals surface area (Å²) in [7, 11) is 0. The second-order valence-electron chi connectivity index (χ2n) is 9.30. The van der Waals surface area contributed by atoms with E-state index in [1.54, 1.807) is 29.2 Å². The molecule has 0 bridgehead atoms. The van der Waals surface area contributed by atoms with Crippen LogP contribution >= 0.6 is 0 Å². The number of carbonyl (C=O) groups is 1. The molecule has 1 aliphatic heterocycles. The Labute approximate surface area is 209 Å². The van der Waals surface area contributed by atoms with Crippen LogP contribution in [0.2, 0.25) is 0 Å². The zero-order valence-corrected chi connectivity index (χ0v) is 20.2. The lowest BCUT2D eigenvalue weighted by molar-refractivity contribution is -0.274. The lowest BCUT2D eigenvalue weighted by Gasteiger charge is -2.38. The van der Waals surface area contributed by atoms with E-state index in [1.165, 1.54) is 12.1 Å². The molecule has 0 aromatic heterocycles. The Hall–Kier alpha value is -3.25. The molecule has 1 saturated carbocycles. The van der Waals surface area contributed by atoms with Crippen molar-refractivity contribution in [3.8, 4) is 11.8 Å². The Balaban J connectivity index is 1.41. The zero-order valence-electron chi connectivity index (χ0n) is 20.2. The van der Waals surface area contributed by atoms with Crippen LogP contribution in [0.1, 0.15) is 37.7 Å². The number of alkyl halides is 3. The zero-order chi connectivity index (χ0) is 25.5. The summed E-state index contributed by atoms with van der Waals surface area (Å²) in [5.74, 6) is -0.141. The Morgan fingerprint density at radius 3 is 2.36 bits per heavy atom. The van der Waals surface area contributed by atoms with Crippen molar-refractivity contribution in [2.24, 2.45) is 5.92 Å². The van der Waals surface area contributed by atoms with E-state index in [0.29, 0.717) is 56.2 Å². The summed E-state index contributed by atoms with van der Waals surface area (Å²) in [4.78, 5) is 19.4. The van der Waals surface area contributed by atoms with Gasteiger partial charge in [-0.2, -0.15) is 5.26 Å². The third-order valence-electron chi connectivity index (χ3n) is 6.98. The predicted octanol–water partition coefficient (Wildman–Crippen LogP) is 5.19. The molecule has 4 rings (SSSR count). The quantitative estimate of drug-likeness (QED) is 0.524. The van der Waals surface area contributed by atoms with Crippen LogP contribution in [0.15, 0.2) is 48.5 Å². The number of amides is 1. The normalized spacial score (nSPS) is 17.4. The average molecular weight is 501 g/mol. The Kier molecular flexibility index (Phi) is 8.36. The number of anilines is 2. The monoisotopic (exact) mass is 500 g/mol. The van der Waals surface area contributed by atoms with Gasteiger partial charge in [0, 0.05) is 45.2 Å². The second-order valence-corrected chi connectivity index (χ2v) is 9.30. The minimum Gasteiger partial charge on any atom is -0.404 e. The van der Waals surface area contributed by atoms with Gasteiger partial charge in [-0.05, 0) is 37.1 Å². The van der Waals surface area contributed by atoms with Crippen molar-refractivity contribution in [2.45, 2.75) is 38.5 Å². The molecule has 0 radical (unpaired) electrons. The first kappa shape index (κ1) is 25.8. The highest BCUT2D eigenvalue weighted by atomic mass is 19.4. The summed E-state index contributed by atoms with van der Waals surface area (Å²) in [6.07, 6.45) is 0.257. The Bertz CT molecular complexity index is 1070. The summed E-state index contributed by atoms with van der Waals surface area (Å²) in [5.41, 5.74) is 1.55. The summed E-state index contributed by atoms with van der Waals surface area (Å²) in [5, 5.41) is 9.62. The topological polar surface area (TPSA) is 59.8 Å². The molecular weight excluding hydrogens is 469 g/mol. The molecule has 9 heteroatoms. The fourth-order valence-corrected chi connectivity index (χ4v) is 5.11. The SMILES string of the molecule is N#Cc1ccccc1N(CCN1CCN(c2ccccc2OC(F)(F)F)CC1)C(=O)C1CCCCC1. The molecule has 1 saturated heterocycles. The number of nitriles is 1. The number of nitrogens with zero attached hydrogens (tertiary/aromatic N) is 4. The molecule has 2 fully saturated rings. The maximum atomic E-state index is 13.5. The van der Waals surface area contributed by atoms with E-state index < -0.39 is 6.36 Å². The number of piperazine rings is 1. The summed E-state index contributed by atoms with van der Waals surface area (Å²) >= 11 is 0. The summed E-state index contributed by atoms with van der Waals surface area (Å²) in [6.45, 7) is 3.46. The second kappa shape index (κ2) is 11.7. The largest absolute Gasteiger partial charge is 0.573 e. The first-order valence-corrected chi connectivity index (χ1v) is 12.5. The standard InChI is InChI=1S/C27H31F3N4O2/c28-27(29,30)36-25-13-7-6-12-24(25)33-17-14-32(15-18-33)16-19-34(23-11-5-4-10-22(23)20-31)26(35)21-8-2-1-3-9-21/h4-7,10-13,21H,1-3,8-9,14-19H2. The minimum absolute atomic E-state index is 0.0209. The number of ether oxygens (including phenoxy) is 1. The van der Waals surface area contributed by atoms with Crippen LogP contribution in [0, 0.1) is 17.2 Å². The highest BCUT2D eigenvalue weighted by Crippen LogP contribution is 2.33. The molecule has 36 heavy (non-hydrogen) atoms. The van der Waals surface area contributed by atoms with Gasteiger partial charge in [-0.25, -0.2) is 0 Å². The molecule has 0 atom stereocenters. The molecule has 6 nitrogen and oxygen atoms in total. The fourth-order valence-electron chi connectivity index (χ4n) is 5.11. The lowest BCUT2D eigenvalue weighted by Crippen LogP contribution is -2.50. The number of rotatable bonds is 7. The third-order valence-corrected chi connectivity index (χ3v) is 6.98. The number of carbonyl (C=O) groups excluding carboxylic acids is 1. The Morgan fingerprint density at radius 2 is 1.67 bits per heavy atom. The van der Waals surface area contributed by atoms with Crippen molar-refractivity contribution in [3.05, 3.63) is 54.1 Å². The van der Waals surface area contributed by atoms with Gasteiger partial charge in [0.1, 0.15) is 6.07 Å². The number of para-hydroxylation sites is 3. The van der Waals surface area contributed by atoms with Gasteiger partial charge in [0.2, 0.25) is 5.91 Å². The van der Waals surface area contributed by atoms with Crippen LogP contribution in [-0.2, 0) is 4.79 Å². The van der Waals surface area contributed by atoms with Crippen LogP contribution in [0.5, 0.6) is 5.75 Å². The average Bonchev–Trinajstić information content (AvgIpc) is 2.89. The summed E-state index contributed by atoms with van der Waals surface area (Å²) in [6, 6.07) is 15.6. The molecule has 2 aromatic carbocycles. The van der Waals surface area contributed by atoms with Gasteiger partial charge < -0.3 is 14.5 Å². The molecule has 0 spiro atoms. The molecule has 1 aliphatic carbocycles. The maximum absolute atomic E-state index is 13.5. The van der Waals surface area contributed by atoms with E-state index in [1.807, 2.05) is 17.0 Å². The number of halogens is 3. The van der Waals surface area contributed by atoms with Crippen molar-refractivity contribution in [1.82, 2.24) is 4.90 Å². The molecule has 2 aromatic rings. The van der Waals surface area contributed by atoms with E-state index in [-0.39, 0.29) is 17.6 Å². The molecular formula is C27H31F3N4O2. The van der Waals surface area contributed by atoms with Crippen molar-refractivity contribution in [3.63, 3.8) is 0 Å². The molecule has 0 N–H and O–H groups in total. The van der Waals surface area contributed by atoms with Gasteiger partial charge in [-0.15, -0.1) is 13.2 Å². The smallest absolute Gasteiger partial charge is 0.404 e. The van der Waals surface area contributed by atoms with Crippen molar-refractivity contribution in [1.29, 1.82) is 5.26 Å². The van der Waals surface area contributed by atoms with E-state index in [4.69, 9.17) is 0 Å². The van der Waals surface area contributed by atoms with E-state index in [9.17, 15) is 23.2 Å². The van der Waals surface area contributed by atoms with Crippen LogP contribution < -0.4 is 14.5 Å². The maximum Gasteiger partial charge on any atom is 0.573 e. The number of hydrogen-bond acceptors (Lipinski definition) is 5. The highest BCUT2D eigenvalue weighted by Gasteiger charge is 2.33. The van der Waals surface area contributed by atoms with Crippen LogP contribution in [0.3, 0.4) is 0 Å². The predicted molar refractivity (Wildman–Crippen MR) is 132 cm³/mol. The van der Waals surface area contributed by atoms with Crippen LogP contribution in [-0.4, -0.2) is 56.4 Å². The Morgan fingerprint density at radius 1 is 1.00 bits per heavy atom. The molecule has 0 unspecified atom stereocenters. The molecule has 192 valence electrons. The van der Waals surface area contributed by atoms with Crippen molar-refractivity contribution >= 4 is 17.3 Å². The van der Waals surface area contributed by atoms with Gasteiger partial charge in [0.15, 0.2) is 5.75 Å². The first-order chi connectivity index (χ1) is 17.4. The van der Waals surface area contributed by atoms with E-state index in [0.717, 1.165) is 32.1 Å². The first-order valence-electron chi connectivity index (χ1n) is 12.5. The molecule has 1 heterocycles. The van der Waals surface area contributed by atoms with Gasteiger partial charge in [0.25, 0.3) is 0 Å². The third kappa shape index (κ3) is 6.49. The van der Waals surface area contributed by atoms with Gasteiger partial charge in [-0.3, -0.25) is 9.69 Å². The number of benzene rings is 2. The summed E-state index contributed by atoms with van der Waals surface area (Å²) < 4.78 is 42.7.